The standard InChI is InChI=1S/C14H19NO4/c1-9(11-5-6-19-8-11)15-14(17)10-3-4-13(18-2)12(16)7-10/h3-4,7,9,11,16H,5-6,8H2,1-2H3,(H,15,17). The highest BCUT2D eigenvalue weighted by molar-refractivity contribution is 5.95. The Balaban J connectivity index is 2.01. The summed E-state index contributed by atoms with van der Waals surface area (Å²) in [6, 6.07) is 4.67. The molecule has 1 aliphatic heterocycles. The average molecular weight is 265 g/mol. The summed E-state index contributed by atoms with van der Waals surface area (Å²) < 4.78 is 10.3. The predicted molar refractivity (Wildman–Crippen MR) is 70.5 cm³/mol. The van der Waals surface area contributed by atoms with Crippen LogP contribution in [-0.4, -0.2) is 37.4 Å². The van der Waals surface area contributed by atoms with Gasteiger partial charge in [-0.1, -0.05) is 0 Å². The Morgan fingerprint density at radius 2 is 2.37 bits per heavy atom. The minimum absolute atomic E-state index is 0.0352. The van der Waals surface area contributed by atoms with Crippen molar-refractivity contribution in [3.05, 3.63) is 23.8 Å². The molecule has 104 valence electrons. The van der Waals surface area contributed by atoms with Crippen LogP contribution in [0.2, 0.25) is 0 Å². The largest absolute Gasteiger partial charge is 0.504 e. The molecule has 2 atom stereocenters. The van der Waals surface area contributed by atoms with Crippen molar-refractivity contribution in [1.82, 2.24) is 5.32 Å². The van der Waals surface area contributed by atoms with Crippen LogP contribution in [-0.2, 0) is 4.74 Å². The highest BCUT2D eigenvalue weighted by Gasteiger charge is 2.24. The summed E-state index contributed by atoms with van der Waals surface area (Å²) in [6.45, 7) is 3.42. The summed E-state index contributed by atoms with van der Waals surface area (Å²) in [7, 11) is 1.47. The van der Waals surface area contributed by atoms with E-state index in [0.29, 0.717) is 23.8 Å². The van der Waals surface area contributed by atoms with E-state index >= 15 is 0 Å². The smallest absolute Gasteiger partial charge is 0.251 e. The zero-order valence-electron chi connectivity index (χ0n) is 11.2. The first-order valence-electron chi connectivity index (χ1n) is 6.37. The first-order chi connectivity index (χ1) is 9.11. The molecule has 0 radical (unpaired) electrons. The van der Waals surface area contributed by atoms with Crippen molar-refractivity contribution >= 4 is 5.91 Å². The Bertz CT molecular complexity index is 455. The molecule has 1 fully saturated rings. The van der Waals surface area contributed by atoms with Gasteiger partial charge in [-0.15, -0.1) is 0 Å². The van der Waals surface area contributed by atoms with Gasteiger partial charge in [0.1, 0.15) is 0 Å². The van der Waals surface area contributed by atoms with E-state index in [1.54, 1.807) is 12.1 Å². The molecule has 1 saturated heterocycles. The fourth-order valence-corrected chi connectivity index (χ4v) is 2.19. The number of methoxy groups -OCH3 is 1. The fourth-order valence-electron chi connectivity index (χ4n) is 2.19. The highest BCUT2D eigenvalue weighted by atomic mass is 16.5. The van der Waals surface area contributed by atoms with Crippen molar-refractivity contribution in [3.8, 4) is 11.5 Å². The van der Waals surface area contributed by atoms with Crippen molar-refractivity contribution < 1.29 is 19.4 Å². The molecule has 1 aromatic carbocycles. The average Bonchev–Trinajstić information content (AvgIpc) is 2.92. The van der Waals surface area contributed by atoms with Gasteiger partial charge in [-0.2, -0.15) is 0 Å². The molecule has 0 aromatic heterocycles. The van der Waals surface area contributed by atoms with Gasteiger partial charge in [-0.3, -0.25) is 4.79 Å². The molecule has 0 bridgehead atoms. The van der Waals surface area contributed by atoms with Gasteiger partial charge < -0.3 is 19.9 Å². The van der Waals surface area contributed by atoms with Crippen molar-refractivity contribution in [1.29, 1.82) is 0 Å². The van der Waals surface area contributed by atoms with Gasteiger partial charge in [0.15, 0.2) is 11.5 Å². The van der Waals surface area contributed by atoms with Gasteiger partial charge in [0.2, 0.25) is 0 Å². The number of rotatable bonds is 4. The molecule has 2 unspecified atom stereocenters. The number of benzene rings is 1. The monoisotopic (exact) mass is 265 g/mol. The van der Waals surface area contributed by atoms with Crippen LogP contribution in [0, 0.1) is 5.92 Å². The molecule has 1 aliphatic rings. The lowest BCUT2D eigenvalue weighted by Gasteiger charge is -2.19. The fraction of sp³-hybridized carbons (Fsp3) is 0.500. The summed E-state index contributed by atoms with van der Waals surface area (Å²) in [5.74, 6) is 0.481. The van der Waals surface area contributed by atoms with Gasteiger partial charge in [0.25, 0.3) is 5.91 Å². The zero-order valence-corrected chi connectivity index (χ0v) is 11.2. The number of phenols is 1. The minimum atomic E-state index is -0.197. The van der Waals surface area contributed by atoms with E-state index in [4.69, 9.17) is 9.47 Å². The lowest BCUT2D eigenvalue weighted by molar-refractivity contribution is 0.0921. The Hall–Kier alpha value is -1.75. The van der Waals surface area contributed by atoms with Crippen LogP contribution < -0.4 is 10.1 Å². The molecule has 1 aromatic rings. The molecular formula is C14H19NO4. The number of hydrogen-bond acceptors (Lipinski definition) is 4. The third-order valence-corrected chi connectivity index (χ3v) is 3.47. The lowest BCUT2D eigenvalue weighted by atomic mass is 10.0. The number of phenolic OH excluding ortho intramolecular Hbond substituents is 1. The predicted octanol–water partition coefficient (Wildman–Crippen LogP) is 1.56. The van der Waals surface area contributed by atoms with Crippen molar-refractivity contribution in [2.75, 3.05) is 20.3 Å². The summed E-state index contributed by atoms with van der Waals surface area (Å²) in [6.07, 6.45) is 0.968. The molecule has 5 heteroatoms. The van der Waals surface area contributed by atoms with Gasteiger partial charge in [0.05, 0.1) is 13.7 Å². The SMILES string of the molecule is COc1ccc(C(=O)NC(C)C2CCOC2)cc1O. The van der Waals surface area contributed by atoms with E-state index in [9.17, 15) is 9.90 Å². The number of ether oxygens (including phenoxy) is 2. The maximum atomic E-state index is 12.1. The third-order valence-electron chi connectivity index (χ3n) is 3.47. The van der Waals surface area contributed by atoms with Gasteiger partial charge in [-0.05, 0) is 31.5 Å². The Labute approximate surface area is 112 Å². The van der Waals surface area contributed by atoms with Crippen molar-refractivity contribution in [2.24, 2.45) is 5.92 Å². The van der Waals surface area contributed by atoms with Crippen LogP contribution >= 0.6 is 0 Å². The number of nitrogens with one attached hydrogen (secondary N) is 1. The van der Waals surface area contributed by atoms with Crippen LogP contribution in [0.5, 0.6) is 11.5 Å². The van der Waals surface area contributed by atoms with E-state index in [0.717, 1.165) is 13.0 Å². The third kappa shape index (κ3) is 3.17. The van der Waals surface area contributed by atoms with Gasteiger partial charge >= 0.3 is 0 Å². The Morgan fingerprint density at radius 3 is 2.95 bits per heavy atom. The molecule has 1 heterocycles. The van der Waals surface area contributed by atoms with E-state index in [1.165, 1.54) is 13.2 Å². The number of hydrogen-bond donors (Lipinski definition) is 2. The van der Waals surface area contributed by atoms with Crippen LogP contribution in [0.25, 0.3) is 0 Å². The van der Waals surface area contributed by atoms with Crippen molar-refractivity contribution in [3.63, 3.8) is 0 Å². The summed E-state index contributed by atoms with van der Waals surface area (Å²) in [4.78, 5) is 12.1. The lowest BCUT2D eigenvalue weighted by Crippen LogP contribution is -2.38. The Morgan fingerprint density at radius 1 is 1.58 bits per heavy atom. The molecular weight excluding hydrogens is 246 g/mol. The maximum Gasteiger partial charge on any atom is 0.251 e. The molecule has 19 heavy (non-hydrogen) atoms. The highest BCUT2D eigenvalue weighted by Crippen LogP contribution is 2.26. The van der Waals surface area contributed by atoms with Gasteiger partial charge in [0, 0.05) is 24.1 Å². The molecule has 0 aliphatic carbocycles. The topological polar surface area (TPSA) is 67.8 Å². The van der Waals surface area contributed by atoms with E-state index < -0.39 is 0 Å². The molecule has 2 rings (SSSR count). The second-order valence-corrected chi connectivity index (χ2v) is 4.77. The second-order valence-electron chi connectivity index (χ2n) is 4.77. The second kappa shape index (κ2) is 5.93. The number of amides is 1. The van der Waals surface area contributed by atoms with Crippen LogP contribution in [0.3, 0.4) is 0 Å². The quantitative estimate of drug-likeness (QED) is 0.867. The maximum absolute atomic E-state index is 12.1. The minimum Gasteiger partial charge on any atom is -0.504 e. The zero-order chi connectivity index (χ0) is 13.8. The van der Waals surface area contributed by atoms with Gasteiger partial charge in [-0.25, -0.2) is 0 Å². The molecule has 1 amide bonds. The summed E-state index contributed by atoms with van der Waals surface area (Å²) >= 11 is 0. The Kier molecular flexibility index (Phi) is 4.27. The van der Waals surface area contributed by atoms with Crippen LogP contribution in [0.4, 0.5) is 0 Å². The van der Waals surface area contributed by atoms with Crippen LogP contribution in [0.1, 0.15) is 23.7 Å². The molecule has 0 spiro atoms. The first-order valence-corrected chi connectivity index (χ1v) is 6.37. The summed E-state index contributed by atoms with van der Waals surface area (Å²) in [5.41, 5.74) is 0.420. The number of aromatic hydroxyl groups is 1. The van der Waals surface area contributed by atoms with E-state index in [1.807, 2.05) is 6.92 Å². The number of carbonyl (C=O) groups excluding carboxylic acids is 1. The molecule has 0 saturated carbocycles. The molecule has 2 N–H and O–H groups in total. The van der Waals surface area contributed by atoms with E-state index in [-0.39, 0.29) is 17.7 Å². The first kappa shape index (κ1) is 13.7. The van der Waals surface area contributed by atoms with Crippen LogP contribution in [0.15, 0.2) is 18.2 Å². The number of carbonyl (C=O) groups is 1. The molecule has 5 nitrogen and oxygen atoms in total. The van der Waals surface area contributed by atoms with Crippen molar-refractivity contribution in [2.45, 2.75) is 19.4 Å². The van der Waals surface area contributed by atoms with E-state index in [2.05, 4.69) is 5.32 Å². The normalized spacial score (nSPS) is 20.0. The summed E-state index contributed by atoms with van der Waals surface area (Å²) in [5, 5.41) is 12.6.